The quantitative estimate of drug-likeness (QED) is 0.680. The summed E-state index contributed by atoms with van der Waals surface area (Å²) in [5.74, 6) is -0.0464. The van der Waals surface area contributed by atoms with E-state index in [2.05, 4.69) is 0 Å². The zero-order chi connectivity index (χ0) is 20.9. The second-order valence-electron chi connectivity index (χ2n) is 7.74. The van der Waals surface area contributed by atoms with Crippen LogP contribution >= 0.6 is 0 Å². The number of para-hydroxylation sites is 1. The first kappa shape index (κ1) is 20.4. The molecule has 4 rings (SSSR count). The SMILES string of the molecule is CC(OC(=O)c1ccc(OCC2CCCO2)cc1)C(=O)N1CCCc2ccccc21. The molecule has 1 amide bonds. The lowest BCUT2D eigenvalue weighted by Gasteiger charge is -2.31. The smallest absolute Gasteiger partial charge is 0.338 e. The number of rotatable bonds is 6. The fourth-order valence-electron chi connectivity index (χ4n) is 3.91. The lowest BCUT2D eigenvalue weighted by Crippen LogP contribution is -2.42. The molecule has 2 aromatic rings. The third kappa shape index (κ3) is 4.65. The van der Waals surface area contributed by atoms with Crippen LogP contribution in [0.15, 0.2) is 48.5 Å². The largest absolute Gasteiger partial charge is 0.491 e. The van der Waals surface area contributed by atoms with Gasteiger partial charge in [0.15, 0.2) is 6.10 Å². The number of carbonyl (C=O) groups is 2. The molecule has 1 saturated heterocycles. The number of ether oxygens (including phenoxy) is 3. The molecule has 2 atom stereocenters. The van der Waals surface area contributed by atoms with Crippen LogP contribution in [0.4, 0.5) is 5.69 Å². The number of hydrogen-bond acceptors (Lipinski definition) is 5. The van der Waals surface area contributed by atoms with E-state index >= 15 is 0 Å². The number of anilines is 1. The summed E-state index contributed by atoms with van der Waals surface area (Å²) in [4.78, 5) is 27.1. The summed E-state index contributed by atoms with van der Waals surface area (Å²) >= 11 is 0. The Morgan fingerprint density at radius 3 is 2.70 bits per heavy atom. The molecule has 1 fully saturated rings. The Labute approximate surface area is 176 Å². The molecule has 2 unspecified atom stereocenters. The van der Waals surface area contributed by atoms with Crippen molar-refractivity contribution >= 4 is 17.6 Å². The van der Waals surface area contributed by atoms with Gasteiger partial charge in [0.25, 0.3) is 5.91 Å². The molecule has 2 aromatic carbocycles. The average molecular weight is 409 g/mol. The Kier molecular flexibility index (Phi) is 6.33. The van der Waals surface area contributed by atoms with E-state index in [1.54, 1.807) is 36.1 Å². The number of amides is 1. The highest BCUT2D eigenvalue weighted by Crippen LogP contribution is 2.27. The van der Waals surface area contributed by atoms with Crippen molar-refractivity contribution in [2.24, 2.45) is 0 Å². The summed E-state index contributed by atoms with van der Waals surface area (Å²) in [7, 11) is 0. The number of esters is 1. The fourth-order valence-corrected chi connectivity index (χ4v) is 3.91. The van der Waals surface area contributed by atoms with Gasteiger partial charge in [-0.25, -0.2) is 4.79 Å². The molecule has 2 aliphatic rings. The van der Waals surface area contributed by atoms with Crippen molar-refractivity contribution < 1.29 is 23.8 Å². The number of nitrogens with zero attached hydrogens (tertiary/aromatic N) is 1. The summed E-state index contributed by atoms with van der Waals surface area (Å²) in [6.07, 6.45) is 3.21. The highest BCUT2D eigenvalue weighted by Gasteiger charge is 2.28. The van der Waals surface area contributed by atoms with Crippen molar-refractivity contribution in [2.45, 2.75) is 44.8 Å². The predicted octanol–water partition coefficient (Wildman–Crippen LogP) is 3.77. The minimum atomic E-state index is -0.862. The standard InChI is InChI=1S/C24H27NO5/c1-17(23(26)25-14-4-7-18-6-2-3-9-22(18)25)30-24(27)19-10-12-20(13-11-19)29-16-21-8-5-15-28-21/h2-3,6,9-13,17,21H,4-5,7-8,14-16H2,1H3. The third-order valence-corrected chi connectivity index (χ3v) is 5.56. The van der Waals surface area contributed by atoms with Crippen molar-refractivity contribution in [1.29, 1.82) is 0 Å². The Balaban J connectivity index is 1.33. The molecular formula is C24H27NO5. The molecule has 6 heteroatoms. The molecule has 0 saturated carbocycles. The van der Waals surface area contributed by atoms with E-state index in [4.69, 9.17) is 14.2 Å². The van der Waals surface area contributed by atoms with Gasteiger partial charge >= 0.3 is 5.97 Å². The van der Waals surface area contributed by atoms with Crippen molar-refractivity contribution in [3.05, 3.63) is 59.7 Å². The highest BCUT2D eigenvalue weighted by molar-refractivity contribution is 5.99. The van der Waals surface area contributed by atoms with Crippen molar-refractivity contribution in [3.63, 3.8) is 0 Å². The number of hydrogen-bond donors (Lipinski definition) is 0. The highest BCUT2D eigenvalue weighted by atomic mass is 16.5. The van der Waals surface area contributed by atoms with Gasteiger partial charge in [-0.05, 0) is 68.5 Å². The fraction of sp³-hybridized carbons (Fsp3) is 0.417. The molecule has 0 aromatic heterocycles. The maximum atomic E-state index is 12.9. The molecule has 0 radical (unpaired) electrons. The molecule has 0 bridgehead atoms. The van der Waals surface area contributed by atoms with E-state index < -0.39 is 12.1 Å². The summed E-state index contributed by atoms with van der Waals surface area (Å²) in [6, 6.07) is 14.6. The van der Waals surface area contributed by atoms with Crippen LogP contribution in [0.25, 0.3) is 0 Å². The van der Waals surface area contributed by atoms with Crippen molar-refractivity contribution in [2.75, 3.05) is 24.7 Å². The van der Waals surface area contributed by atoms with Gasteiger partial charge in [-0.1, -0.05) is 18.2 Å². The van der Waals surface area contributed by atoms with Crippen LogP contribution in [0.1, 0.15) is 42.1 Å². The monoisotopic (exact) mass is 409 g/mol. The minimum absolute atomic E-state index is 0.140. The van der Waals surface area contributed by atoms with E-state index in [1.807, 2.05) is 24.3 Å². The van der Waals surface area contributed by atoms with Gasteiger partial charge in [-0.15, -0.1) is 0 Å². The minimum Gasteiger partial charge on any atom is -0.491 e. The second kappa shape index (κ2) is 9.30. The Bertz CT molecular complexity index is 889. The molecular weight excluding hydrogens is 382 g/mol. The average Bonchev–Trinajstić information content (AvgIpc) is 3.31. The maximum Gasteiger partial charge on any atom is 0.338 e. The number of benzene rings is 2. The van der Waals surface area contributed by atoms with Crippen molar-refractivity contribution in [3.8, 4) is 5.75 Å². The summed E-state index contributed by atoms with van der Waals surface area (Å²) in [5, 5.41) is 0. The predicted molar refractivity (Wildman–Crippen MR) is 113 cm³/mol. The zero-order valence-electron chi connectivity index (χ0n) is 17.2. The first-order valence-corrected chi connectivity index (χ1v) is 10.6. The molecule has 2 heterocycles. The summed E-state index contributed by atoms with van der Waals surface area (Å²) in [5.41, 5.74) is 2.44. The Morgan fingerprint density at radius 2 is 1.93 bits per heavy atom. The first-order chi connectivity index (χ1) is 14.6. The zero-order valence-corrected chi connectivity index (χ0v) is 17.2. The summed E-state index contributed by atoms with van der Waals surface area (Å²) in [6.45, 7) is 3.55. The molecule has 0 N–H and O–H groups in total. The molecule has 30 heavy (non-hydrogen) atoms. The van der Waals surface area contributed by atoms with Gasteiger partial charge in [-0.2, -0.15) is 0 Å². The maximum absolute atomic E-state index is 12.9. The van der Waals surface area contributed by atoms with Crippen LogP contribution in [-0.4, -0.2) is 43.8 Å². The molecule has 6 nitrogen and oxygen atoms in total. The van der Waals surface area contributed by atoms with Gasteiger partial charge in [-0.3, -0.25) is 4.79 Å². The third-order valence-electron chi connectivity index (χ3n) is 5.56. The van der Waals surface area contributed by atoms with Gasteiger partial charge in [0.1, 0.15) is 12.4 Å². The second-order valence-corrected chi connectivity index (χ2v) is 7.74. The molecule has 0 spiro atoms. The Hall–Kier alpha value is -2.86. The lowest BCUT2D eigenvalue weighted by atomic mass is 10.0. The van der Waals surface area contributed by atoms with Crippen LogP contribution in [0.3, 0.4) is 0 Å². The van der Waals surface area contributed by atoms with Crippen LogP contribution in [0.2, 0.25) is 0 Å². The normalized spacial score (nSPS) is 19.1. The van der Waals surface area contributed by atoms with Crippen molar-refractivity contribution in [1.82, 2.24) is 0 Å². The van der Waals surface area contributed by atoms with Gasteiger partial charge in [0, 0.05) is 18.8 Å². The van der Waals surface area contributed by atoms with E-state index in [1.165, 1.54) is 0 Å². The van der Waals surface area contributed by atoms with E-state index in [-0.39, 0.29) is 12.0 Å². The topological polar surface area (TPSA) is 65.1 Å². The van der Waals surface area contributed by atoms with E-state index in [0.717, 1.165) is 43.5 Å². The Morgan fingerprint density at radius 1 is 1.13 bits per heavy atom. The lowest BCUT2D eigenvalue weighted by molar-refractivity contribution is -0.126. The van der Waals surface area contributed by atoms with Gasteiger partial charge in [0.05, 0.1) is 11.7 Å². The summed E-state index contributed by atoms with van der Waals surface area (Å²) < 4.78 is 16.7. The van der Waals surface area contributed by atoms with E-state index in [0.29, 0.717) is 24.5 Å². The molecule has 0 aliphatic carbocycles. The number of aryl methyl sites for hydroxylation is 1. The molecule has 2 aliphatic heterocycles. The number of carbonyl (C=O) groups excluding carboxylic acids is 2. The van der Waals surface area contributed by atoms with Gasteiger partial charge < -0.3 is 19.1 Å². The van der Waals surface area contributed by atoms with E-state index in [9.17, 15) is 9.59 Å². The van der Waals surface area contributed by atoms with Crippen LogP contribution in [-0.2, 0) is 20.7 Å². The first-order valence-electron chi connectivity index (χ1n) is 10.6. The number of fused-ring (bicyclic) bond motifs is 1. The van der Waals surface area contributed by atoms with Crippen LogP contribution < -0.4 is 9.64 Å². The van der Waals surface area contributed by atoms with Gasteiger partial charge in [0.2, 0.25) is 0 Å². The van der Waals surface area contributed by atoms with Crippen LogP contribution in [0, 0.1) is 0 Å². The van der Waals surface area contributed by atoms with Crippen LogP contribution in [0.5, 0.6) is 5.75 Å². The molecule has 158 valence electrons.